The molecule has 94 valence electrons. The number of ketones is 1. The summed E-state index contributed by atoms with van der Waals surface area (Å²) in [5.41, 5.74) is 4.01. The fraction of sp³-hybridized carbons (Fsp3) is 0.231. The molecule has 0 aliphatic carbocycles. The van der Waals surface area contributed by atoms with Crippen LogP contribution in [0, 0.1) is 6.92 Å². The fourth-order valence-corrected chi connectivity index (χ4v) is 1.87. The predicted octanol–water partition coefficient (Wildman–Crippen LogP) is 1.73. The van der Waals surface area contributed by atoms with Gasteiger partial charge in [-0.3, -0.25) is 14.4 Å². The van der Waals surface area contributed by atoms with Gasteiger partial charge < -0.3 is 4.98 Å². The van der Waals surface area contributed by atoms with Gasteiger partial charge in [-0.1, -0.05) is 18.2 Å². The Morgan fingerprint density at radius 1 is 1.33 bits per heavy atom. The van der Waals surface area contributed by atoms with Crippen LogP contribution in [0.15, 0.2) is 24.3 Å². The second kappa shape index (κ2) is 5.01. The van der Waals surface area contributed by atoms with E-state index in [9.17, 15) is 9.59 Å². The molecule has 0 unspecified atom stereocenters. The lowest BCUT2D eigenvalue weighted by atomic mass is 10.1. The zero-order chi connectivity index (χ0) is 13.1. The Labute approximate surface area is 104 Å². The van der Waals surface area contributed by atoms with Crippen LogP contribution in [0.25, 0.3) is 10.9 Å². The summed E-state index contributed by atoms with van der Waals surface area (Å²) in [6, 6.07) is 7.36. The molecule has 0 bridgehead atoms. The highest BCUT2D eigenvalue weighted by molar-refractivity contribution is 6.45. The molecular formula is C13H14N2O3. The number of nitrogens with one attached hydrogen (secondary N) is 2. The minimum absolute atomic E-state index is 0.311. The second-order valence-electron chi connectivity index (χ2n) is 3.86. The van der Waals surface area contributed by atoms with Crippen LogP contribution < -0.4 is 5.48 Å². The molecule has 5 heteroatoms. The van der Waals surface area contributed by atoms with Gasteiger partial charge >= 0.3 is 5.91 Å². The highest BCUT2D eigenvalue weighted by Crippen LogP contribution is 2.22. The number of aryl methyl sites for hydroxylation is 1. The molecule has 0 saturated carbocycles. The average molecular weight is 246 g/mol. The number of rotatable bonds is 4. The van der Waals surface area contributed by atoms with Crippen LogP contribution in [0.4, 0.5) is 0 Å². The topological polar surface area (TPSA) is 71.2 Å². The molecule has 1 aromatic carbocycles. The molecule has 1 aromatic heterocycles. The molecule has 1 amide bonds. The average Bonchev–Trinajstić information content (AvgIpc) is 2.70. The zero-order valence-corrected chi connectivity index (χ0v) is 10.2. The normalized spacial score (nSPS) is 10.6. The number of carbonyl (C=O) groups excluding carboxylic acids is 2. The second-order valence-corrected chi connectivity index (χ2v) is 3.86. The number of aromatic nitrogens is 1. The van der Waals surface area contributed by atoms with Crippen molar-refractivity contribution < 1.29 is 14.4 Å². The number of H-pyrrole nitrogens is 1. The molecule has 0 aliphatic heterocycles. The molecule has 0 radical (unpaired) electrons. The molecule has 1 heterocycles. The third kappa shape index (κ3) is 2.12. The number of amides is 1. The molecule has 0 saturated heterocycles. The van der Waals surface area contributed by atoms with Crippen molar-refractivity contribution in [3.8, 4) is 0 Å². The van der Waals surface area contributed by atoms with Crippen molar-refractivity contribution in [2.45, 2.75) is 13.8 Å². The van der Waals surface area contributed by atoms with Crippen molar-refractivity contribution in [2.75, 3.05) is 6.61 Å². The van der Waals surface area contributed by atoms with E-state index in [-0.39, 0.29) is 0 Å². The van der Waals surface area contributed by atoms with Crippen LogP contribution >= 0.6 is 0 Å². The van der Waals surface area contributed by atoms with E-state index in [1.807, 2.05) is 18.2 Å². The van der Waals surface area contributed by atoms with Gasteiger partial charge in [0.1, 0.15) is 0 Å². The lowest BCUT2D eigenvalue weighted by Gasteiger charge is -2.03. The number of hydroxylamine groups is 1. The third-order valence-corrected chi connectivity index (χ3v) is 2.64. The number of benzene rings is 1. The Bertz CT molecular complexity index is 601. The smallest absolute Gasteiger partial charge is 0.315 e. The van der Waals surface area contributed by atoms with Crippen molar-refractivity contribution in [1.29, 1.82) is 0 Å². The van der Waals surface area contributed by atoms with E-state index < -0.39 is 11.7 Å². The van der Waals surface area contributed by atoms with Crippen LogP contribution in [0.2, 0.25) is 0 Å². The van der Waals surface area contributed by atoms with E-state index >= 15 is 0 Å². The third-order valence-electron chi connectivity index (χ3n) is 2.64. The zero-order valence-electron chi connectivity index (χ0n) is 10.2. The van der Waals surface area contributed by atoms with E-state index in [4.69, 9.17) is 4.84 Å². The number of aromatic amines is 1. The summed E-state index contributed by atoms with van der Waals surface area (Å²) in [7, 11) is 0. The number of para-hydroxylation sites is 1. The van der Waals surface area contributed by atoms with Gasteiger partial charge in [-0.2, -0.15) is 0 Å². The van der Waals surface area contributed by atoms with Gasteiger partial charge in [-0.05, 0) is 19.9 Å². The van der Waals surface area contributed by atoms with Crippen molar-refractivity contribution in [1.82, 2.24) is 10.5 Å². The molecule has 0 spiro atoms. The molecule has 2 rings (SSSR count). The predicted molar refractivity (Wildman–Crippen MR) is 67.1 cm³/mol. The van der Waals surface area contributed by atoms with E-state index in [2.05, 4.69) is 10.5 Å². The van der Waals surface area contributed by atoms with Crippen molar-refractivity contribution >= 4 is 22.6 Å². The number of fused-ring (bicyclic) bond motifs is 1. The Morgan fingerprint density at radius 3 is 2.78 bits per heavy atom. The van der Waals surface area contributed by atoms with Gasteiger partial charge in [0.15, 0.2) is 0 Å². The van der Waals surface area contributed by atoms with Crippen LogP contribution in [0.3, 0.4) is 0 Å². The summed E-state index contributed by atoms with van der Waals surface area (Å²) in [4.78, 5) is 31.4. The van der Waals surface area contributed by atoms with Gasteiger partial charge in [0.05, 0.1) is 12.2 Å². The van der Waals surface area contributed by atoms with E-state index in [1.165, 1.54) is 0 Å². The Hall–Kier alpha value is -2.14. The van der Waals surface area contributed by atoms with Crippen molar-refractivity contribution in [2.24, 2.45) is 0 Å². The van der Waals surface area contributed by atoms with E-state index in [0.717, 1.165) is 10.9 Å². The van der Waals surface area contributed by atoms with Gasteiger partial charge in [0.2, 0.25) is 0 Å². The first-order chi connectivity index (χ1) is 8.65. The number of hydrogen-bond donors (Lipinski definition) is 2. The van der Waals surface area contributed by atoms with Gasteiger partial charge in [-0.15, -0.1) is 0 Å². The minimum atomic E-state index is -0.760. The largest absolute Gasteiger partial charge is 0.358 e. The van der Waals surface area contributed by atoms with Crippen molar-refractivity contribution in [3.63, 3.8) is 0 Å². The SMILES string of the molecule is CCONC(=O)C(=O)c1c(C)[nH]c2ccccc12. The Balaban J connectivity index is 2.38. The molecule has 5 nitrogen and oxygen atoms in total. The maximum Gasteiger partial charge on any atom is 0.315 e. The standard InChI is InChI=1S/C13H14N2O3/c1-3-18-15-13(17)12(16)11-8(2)14-10-7-5-4-6-9(10)11/h4-7,14H,3H2,1-2H3,(H,15,17). The molecule has 2 N–H and O–H groups in total. The van der Waals surface area contributed by atoms with E-state index in [0.29, 0.717) is 17.9 Å². The van der Waals surface area contributed by atoms with Gasteiger partial charge in [0, 0.05) is 16.6 Å². The van der Waals surface area contributed by atoms with Crippen LogP contribution in [0.1, 0.15) is 23.0 Å². The quantitative estimate of drug-likeness (QED) is 0.490. The van der Waals surface area contributed by atoms with Crippen LogP contribution in [-0.4, -0.2) is 23.3 Å². The maximum absolute atomic E-state index is 12.0. The summed E-state index contributed by atoms with van der Waals surface area (Å²) in [6.07, 6.45) is 0. The highest BCUT2D eigenvalue weighted by Gasteiger charge is 2.22. The first kappa shape index (κ1) is 12.3. The van der Waals surface area contributed by atoms with E-state index in [1.54, 1.807) is 19.9 Å². The van der Waals surface area contributed by atoms with Crippen LogP contribution in [0.5, 0.6) is 0 Å². The first-order valence-electron chi connectivity index (χ1n) is 5.69. The van der Waals surface area contributed by atoms with Gasteiger partial charge in [-0.25, -0.2) is 5.48 Å². The molecule has 0 fully saturated rings. The summed E-state index contributed by atoms with van der Waals surface area (Å²) >= 11 is 0. The molecule has 0 atom stereocenters. The summed E-state index contributed by atoms with van der Waals surface area (Å²) in [5.74, 6) is -1.36. The highest BCUT2D eigenvalue weighted by atomic mass is 16.6. The molecule has 2 aromatic rings. The lowest BCUT2D eigenvalue weighted by molar-refractivity contribution is -0.128. The maximum atomic E-state index is 12.0. The number of Topliss-reactive ketones (excluding diaryl/α,β-unsaturated/α-hetero) is 1. The first-order valence-corrected chi connectivity index (χ1v) is 5.69. The number of hydrogen-bond acceptors (Lipinski definition) is 3. The van der Waals surface area contributed by atoms with Crippen LogP contribution in [-0.2, 0) is 9.63 Å². The summed E-state index contributed by atoms with van der Waals surface area (Å²) in [5, 5.41) is 0.742. The monoisotopic (exact) mass is 246 g/mol. The fourth-order valence-electron chi connectivity index (χ4n) is 1.87. The van der Waals surface area contributed by atoms with Gasteiger partial charge in [0.25, 0.3) is 5.78 Å². The lowest BCUT2D eigenvalue weighted by Crippen LogP contribution is -2.31. The Morgan fingerprint density at radius 2 is 2.06 bits per heavy atom. The minimum Gasteiger partial charge on any atom is -0.358 e. The molecular weight excluding hydrogens is 232 g/mol. The number of carbonyl (C=O) groups is 2. The summed E-state index contributed by atoms with van der Waals surface area (Å²) in [6.45, 7) is 3.80. The summed E-state index contributed by atoms with van der Waals surface area (Å²) < 4.78 is 0. The Kier molecular flexibility index (Phi) is 3.43. The molecule has 18 heavy (non-hydrogen) atoms. The molecule has 0 aliphatic rings. The van der Waals surface area contributed by atoms with Crippen molar-refractivity contribution in [3.05, 3.63) is 35.5 Å².